The van der Waals surface area contributed by atoms with Crippen LogP contribution in [0.4, 0.5) is 0 Å². The molecule has 6 nitrogen and oxygen atoms in total. The molecule has 3 aliphatic rings. The van der Waals surface area contributed by atoms with Gasteiger partial charge in [-0.2, -0.15) is 16.9 Å². The van der Waals surface area contributed by atoms with E-state index in [9.17, 15) is 4.79 Å². The molecule has 0 aliphatic carbocycles. The second-order valence-electron chi connectivity index (χ2n) is 6.45. The molecular weight excluding hydrogens is 300 g/mol. The summed E-state index contributed by atoms with van der Waals surface area (Å²) in [6.45, 7) is 2.41. The summed E-state index contributed by atoms with van der Waals surface area (Å²) >= 11 is 1.95. The van der Waals surface area contributed by atoms with Crippen molar-refractivity contribution < 1.29 is 9.53 Å². The lowest BCUT2D eigenvalue weighted by Crippen LogP contribution is -2.49. The fourth-order valence-corrected chi connectivity index (χ4v) is 5.06. The molecule has 7 heteroatoms. The number of carbonyl (C=O) groups is 1. The zero-order valence-electron chi connectivity index (χ0n) is 12.6. The van der Waals surface area contributed by atoms with Gasteiger partial charge in [-0.1, -0.05) is 0 Å². The first-order valence-electron chi connectivity index (χ1n) is 8.05. The Hall–Kier alpha value is -1.05. The highest BCUT2D eigenvalue weighted by Crippen LogP contribution is 2.38. The van der Waals surface area contributed by atoms with Gasteiger partial charge in [-0.05, 0) is 25.0 Å². The van der Waals surface area contributed by atoms with Crippen LogP contribution in [-0.4, -0.2) is 52.4 Å². The smallest absolute Gasteiger partial charge is 0.272 e. The zero-order chi connectivity index (χ0) is 15.0. The molecule has 120 valence electrons. The van der Waals surface area contributed by atoms with Crippen LogP contribution >= 0.6 is 11.8 Å². The maximum atomic E-state index is 12.6. The van der Waals surface area contributed by atoms with Gasteiger partial charge < -0.3 is 15.4 Å². The van der Waals surface area contributed by atoms with Crippen molar-refractivity contribution in [2.45, 2.75) is 43.9 Å². The maximum absolute atomic E-state index is 12.6. The number of hydrogen-bond acceptors (Lipinski definition) is 5. The molecule has 1 amide bonds. The van der Waals surface area contributed by atoms with E-state index in [0.29, 0.717) is 5.69 Å². The Kier molecular flexibility index (Phi) is 3.88. The molecule has 2 atom stereocenters. The molecule has 2 fully saturated rings. The summed E-state index contributed by atoms with van der Waals surface area (Å²) in [5, 5.41) is 13.7. The molecule has 0 bridgehead atoms. The average molecular weight is 322 g/mol. The Bertz CT molecular complexity index is 568. The number of carbonyl (C=O) groups excluding carboxylic acids is 1. The Labute approximate surface area is 134 Å². The van der Waals surface area contributed by atoms with Gasteiger partial charge in [0.2, 0.25) is 0 Å². The van der Waals surface area contributed by atoms with Crippen molar-refractivity contribution >= 4 is 17.7 Å². The molecule has 1 spiro atoms. The number of hydrogen-bond donors (Lipinski definition) is 3. The standard InChI is InChI=1S/C15H22N4O2S/c20-14(13-11-8-16-4-1-12(11)18-19-13)17-10-2-5-21-15(7-10)3-6-22-9-15/h10,16H,1-9H2,(H,17,20)(H,18,19). The normalized spacial score (nSPS) is 31.2. The molecule has 4 heterocycles. The molecule has 1 aromatic rings. The predicted octanol–water partition coefficient (Wildman–Crippen LogP) is 0.840. The van der Waals surface area contributed by atoms with Gasteiger partial charge in [0, 0.05) is 49.2 Å². The maximum Gasteiger partial charge on any atom is 0.272 e. The quantitative estimate of drug-likeness (QED) is 0.752. The Morgan fingerprint density at radius 3 is 3.32 bits per heavy atom. The highest BCUT2D eigenvalue weighted by Gasteiger charge is 2.41. The van der Waals surface area contributed by atoms with Gasteiger partial charge in [0.1, 0.15) is 0 Å². The number of nitrogens with zero attached hydrogens (tertiary/aromatic N) is 1. The Morgan fingerprint density at radius 1 is 1.50 bits per heavy atom. The largest absolute Gasteiger partial charge is 0.374 e. The lowest BCUT2D eigenvalue weighted by atomic mass is 9.89. The van der Waals surface area contributed by atoms with Crippen LogP contribution < -0.4 is 10.6 Å². The van der Waals surface area contributed by atoms with Gasteiger partial charge in [-0.15, -0.1) is 0 Å². The molecule has 1 aromatic heterocycles. The third-order valence-electron chi connectivity index (χ3n) is 4.92. The summed E-state index contributed by atoms with van der Waals surface area (Å²) in [5.74, 6) is 2.18. The first-order chi connectivity index (χ1) is 10.8. The number of aromatic nitrogens is 2. The van der Waals surface area contributed by atoms with Gasteiger partial charge in [0.05, 0.1) is 5.60 Å². The number of ether oxygens (including phenoxy) is 1. The Morgan fingerprint density at radius 2 is 2.45 bits per heavy atom. The predicted molar refractivity (Wildman–Crippen MR) is 85.1 cm³/mol. The summed E-state index contributed by atoms with van der Waals surface area (Å²) < 4.78 is 6.02. The van der Waals surface area contributed by atoms with Crippen LogP contribution in [0.15, 0.2) is 0 Å². The van der Waals surface area contributed by atoms with E-state index in [2.05, 4.69) is 20.8 Å². The van der Waals surface area contributed by atoms with Crippen molar-refractivity contribution in [3.63, 3.8) is 0 Å². The second-order valence-corrected chi connectivity index (χ2v) is 7.56. The molecular formula is C15H22N4O2S. The van der Waals surface area contributed by atoms with Crippen molar-refractivity contribution in [2.24, 2.45) is 0 Å². The van der Waals surface area contributed by atoms with Crippen LogP contribution in [0.25, 0.3) is 0 Å². The second kappa shape index (κ2) is 5.86. The van der Waals surface area contributed by atoms with E-state index in [1.165, 1.54) is 5.75 Å². The van der Waals surface area contributed by atoms with Crippen LogP contribution in [0.2, 0.25) is 0 Å². The van der Waals surface area contributed by atoms with E-state index in [1.54, 1.807) is 0 Å². The van der Waals surface area contributed by atoms with Crippen molar-refractivity contribution in [3.8, 4) is 0 Å². The summed E-state index contributed by atoms with van der Waals surface area (Å²) in [7, 11) is 0. The summed E-state index contributed by atoms with van der Waals surface area (Å²) in [6, 6.07) is 0.198. The van der Waals surface area contributed by atoms with E-state index >= 15 is 0 Å². The lowest BCUT2D eigenvalue weighted by Gasteiger charge is -2.37. The zero-order valence-corrected chi connectivity index (χ0v) is 13.4. The van der Waals surface area contributed by atoms with E-state index < -0.39 is 0 Å². The average Bonchev–Trinajstić information content (AvgIpc) is 3.14. The number of rotatable bonds is 2. The molecule has 2 saturated heterocycles. The minimum absolute atomic E-state index is 0.00653. The first kappa shape index (κ1) is 14.5. The summed E-state index contributed by atoms with van der Waals surface area (Å²) in [4.78, 5) is 12.6. The van der Waals surface area contributed by atoms with E-state index in [0.717, 1.165) is 62.4 Å². The topological polar surface area (TPSA) is 79.0 Å². The SMILES string of the molecule is O=C(NC1CCOC2(CCSC2)C1)c1n[nH]c2c1CNCC2. The monoisotopic (exact) mass is 322 g/mol. The van der Waals surface area contributed by atoms with Crippen molar-refractivity contribution in [1.29, 1.82) is 0 Å². The summed E-state index contributed by atoms with van der Waals surface area (Å²) in [5.41, 5.74) is 2.68. The van der Waals surface area contributed by atoms with Gasteiger partial charge in [-0.3, -0.25) is 9.89 Å². The molecule has 0 saturated carbocycles. The fraction of sp³-hybridized carbons (Fsp3) is 0.733. The number of aromatic amines is 1. The van der Waals surface area contributed by atoms with Crippen LogP contribution in [0.1, 0.15) is 41.0 Å². The van der Waals surface area contributed by atoms with Gasteiger partial charge in [0.25, 0.3) is 5.91 Å². The molecule has 3 N–H and O–H groups in total. The number of thioether (sulfide) groups is 1. The highest BCUT2D eigenvalue weighted by molar-refractivity contribution is 7.99. The molecule has 0 aromatic carbocycles. The Balaban J connectivity index is 1.44. The molecule has 3 aliphatic heterocycles. The van der Waals surface area contributed by atoms with Crippen molar-refractivity contribution in [2.75, 3.05) is 24.7 Å². The van der Waals surface area contributed by atoms with Gasteiger partial charge in [0.15, 0.2) is 5.69 Å². The minimum atomic E-state index is -0.0473. The number of amides is 1. The first-order valence-corrected chi connectivity index (χ1v) is 9.21. The highest BCUT2D eigenvalue weighted by atomic mass is 32.2. The van der Waals surface area contributed by atoms with Gasteiger partial charge in [-0.25, -0.2) is 0 Å². The van der Waals surface area contributed by atoms with Crippen molar-refractivity contribution in [1.82, 2.24) is 20.8 Å². The summed E-state index contributed by atoms with van der Waals surface area (Å²) in [6.07, 6.45) is 3.83. The molecule has 2 unspecified atom stereocenters. The van der Waals surface area contributed by atoms with E-state index in [1.807, 2.05) is 11.8 Å². The molecule has 22 heavy (non-hydrogen) atoms. The van der Waals surface area contributed by atoms with Crippen LogP contribution in [-0.2, 0) is 17.7 Å². The van der Waals surface area contributed by atoms with Crippen LogP contribution in [0.5, 0.6) is 0 Å². The third kappa shape index (κ3) is 2.66. The third-order valence-corrected chi connectivity index (χ3v) is 6.14. The molecule has 4 rings (SSSR count). The number of fused-ring (bicyclic) bond motifs is 1. The lowest BCUT2D eigenvalue weighted by molar-refractivity contribution is -0.0688. The van der Waals surface area contributed by atoms with Crippen LogP contribution in [0.3, 0.4) is 0 Å². The van der Waals surface area contributed by atoms with Crippen LogP contribution in [0, 0.1) is 0 Å². The fourth-order valence-electron chi connectivity index (χ4n) is 3.68. The number of H-pyrrole nitrogens is 1. The van der Waals surface area contributed by atoms with Gasteiger partial charge >= 0.3 is 0 Å². The van der Waals surface area contributed by atoms with Crippen molar-refractivity contribution in [3.05, 3.63) is 17.0 Å². The number of nitrogens with one attached hydrogen (secondary N) is 3. The minimum Gasteiger partial charge on any atom is -0.374 e. The molecule has 0 radical (unpaired) electrons. The van der Waals surface area contributed by atoms with E-state index in [-0.39, 0.29) is 17.6 Å². The van der Waals surface area contributed by atoms with E-state index in [4.69, 9.17) is 4.74 Å².